The van der Waals surface area contributed by atoms with Gasteiger partial charge in [-0.1, -0.05) is 35.0 Å². The average Bonchev–Trinajstić information content (AvgIpc) is 2.41. The molecule has 1 unspecified atom stereocenters. The Morgan fingerprint density at radius 3 is 2.24 bits per heavy atom. The van der Waals surface area contributed by atoms with Crippen molar-refractivity contribution in [2.45, 2.75) is 37.2 Å². The second-order valence-electron chi connectivity index (χ2n) is 5.45. The molecule has 1 aromatic carbocycles. The van der Waals surface area contributed by atoms with Crippen LogP contribution in [-0.4, -0.2) is 41.4 Å². The molecule has 1 aliphatic rings. The zero-order valence-electron chi connectivity index (χ0n) is 11.9. The summed E-state index contributed by atoms with van der Waals surface area (Å²) in [5, 5.41) is 9.87. The van der Waals surface area contributed by atoms with Gasteiger partial charge in [-0.05, 0) is 37.0 Å². The minimum absolute atomic E-state index is 0.329. The van der Waals surface area contributed by atoms with E-state index in [2.05, 4.69) is 15.9 Å². The number of aliphatic hydroxyl groups is 1. The summed E-state index contributed by atoms with van der Waals surface area (Å²) in [5.74, 6) is 0. The number of rotatable bonds is 4. The van der Waals surface area contributed by atoms with Crippen molar-refractivity contribution < 1.29 is 18.1 Å². The van der Waals surface area contributed by atoms with Crippen molar-refractivity contribution in [1.29, 1.82) is 0 Å². The Bertz CT molecular complexity index is 579. The number of benzene rings is 1. The van der Waals surface area contributed by atoms with E-state index < -0.39 is 21.1 Å². The smallest absolute Gasteiger partial charge is 0.281 e. The van der Waals surface area contributed by atoms with Crippen molar-refractivity contribution in [3.63, 3.8) is 0 Å². The molecule has 1 aromatic rings. The summed E-state index contributed by atoms with van der Waals surface area (Å²) in [5.41, 5.74) is -0.0976. The molecule has 0 aromatic heterocycles. The third kappa shape index (κ3) is 3.84. The molecule has 1 heterocycles. The van der Waals surface area contributed by atoms with Crippen molar-refractivity contribution in [2.75, 3.05) is 13.1 Å². The molecule has 0 spiro atoms. The first-order valence-corrected chi connectivity index (χ1v) is 9.24. The minimum atomic E-state index is -4.08. The molecule has 7 heteroatoms. The van der Waals surface area contributed by atoms with Gasteiger partial charge in [-0.2, -0.15) is 8.42 Å². The highest BCUT2D eigenvalue weighted by Crippen LogP contribution is 2.34. The van der Waals surface area contributed by atoms with Crippen molar-refractivity contribution in [2.24, 2.45) is 0 Å². The predicted molar refractivity (Wildman–Crippen MR) is 84.5 cm³/mol. The first kappa shape index (κ1) is 16.9. The molecule has 2 rings (SSSR count). The van der Waals surface area contributed by atoms with Gasteiger partial charge in [0.2, 0.25) is 0 Å². The van der Waals surface area contributed by atoms with Gasteiger partial charge >= 0.3 is 0 Å². The normalized spacial score (nSPS) is 21.1. The first-order valence-electron chi connectivity index (χ1n) is 6.95. The van der Waals surface area contributed by atoms with E-state index >= 15 is 0 Å². The van der Waals surface area contributed by atoms with E-state index in [9.17, 15) is 18.1 Å². The molecule has 5 nitrogen and oxygen atoms in total. The van der Waals surface area contributed by atoms with Gasteiger partial charge in [0.15, 0.2) is 0 Å². The van der Waals surface area contributed by atoms with Crippen LogP contribution in [-0.2, 0) is 15.7 Å². The fourth-order valence-electron chi connectivity index (χ4n) is 2.89. The quantitative estimate of drug-likeness (QED) is 0.787. The van der Waals surface area contributed by atoms with Gasteiger partial charge in [-0.3, -0.25) is 9.45 Å². The largest absolute Gasteiger partial charge is 0.385 e. The van der Waals surface area contributed by atoms with Crippen LogP contribution in [0, 0.1) is 0 Å². The minimum Gasteiger partial charge on any atom is -0.385 e. The molecule has 0 bridgehead atoms. The van der Waals surface area contributed by atoms with Gasteiger partial charge in [-0.15, -0.1) is 0 Å². The number of piperidine rings is 1. The van der Waals surface area contributed by atoms with Gasteiger partial charge in [-0.25, -0.2) is 0 Å². The third-order valence-corrected chi connectivity index (χ3v) is 5.95. The lowest BCUT2D eigenvalue weighted by molar-refractivity contribution is -0.0297. The highest BCUT2D eigenvalue weighted by atomic mass is 79.9. The van der Waals surface area contributed by atoms with Gasteiger partial charge in [0, 0.05) is 17.6 Å². The zero-order chi connectivity index (χ0) is 15.7. The van der Waals surface area contributed by atoms with E-state index in [0.717, 1.165) is 10.0 Å². The van der Waals surface area contributed by atoms with Crippen LogP contribution in [0.25, 0.3) is 0 Å². The van der Waals surface area contributed by atoms with Crippen molar-refractivity contribution in [3.8, 4) is 0 Å². The molecule has 118 valence electrons. The Hall–Kier alpha value is -0.470. The van der Waals surface area contributed by atoms with Crippen LogP contribution < -0.4 is 0 Å². The molecule has 0 amide bonds. The molecular weight excluding hydrogens is 358 g/mol. The summed E-state index contributed by atoms with van der Waals surface area (Å²) in [6.07, 6.45) is 1.22. The van der Waals surface area contributed by atoms with E-state index in [4.69, 9.17) is 0 Å². The maximum atomic E-state index is 11.4. The van der Waals surface area contributed by atoms with Crippen molar-refractivity contribution in [1.82, 2.24) is 4.90 Å². The summed E-state index contributed by atoms with van der Waals surface area (Å²) in [4.78, 5) is 1.72. The predicted octanol–water partition coefficient (Wildman–Crippen LogP) is 2.36. The van der Waals surface area contributed by atoms with E-state index in [-0.39, 0.29) is 0 Å². The number of hydrogen-bond donors (Lipinski definition) is 2. The summed E-state index contributed by atoms with van der Waals surface area (Å²) in [6.45, 7) is 2.60. The molecule has 21 heavy (non-hydrogen) atoms. The lowest BCUT2D eigenvalue weighted by atomic mass is 9.84. The van der Waals surface area contributed by atoms with Crippen LogP contribution in [0.5, 0.6) is 0 Å². The van der Waals surface area contributed by atoms with Crippen LogP contribution in [0.3, 0.4) is 0 Å². The number of halogens is 1. The van der Waals surface area contributed by atoms with Crippen LogP contribution in [0.1, 0.15) is 31.7 Å². The van der Waals surface area contributed by atoms with Gasteiger partial charge < -0.3 is 5.11 Å². The van der Waals surface area contributed by atoms with Crippen LogP contribution in [0.4, 0.5) is 0 Å². The lowest BCUT2D eigenvalue weighted by Gasteiger charge is -2.40. The van der Waals surface area contributed by atoms with E-state index in [1.807, 2.05) is 24.3 Å². The Morgan fingerprint density at radius 1 is 1.29 bits per heavy atom. The topological polar surface area (TPSA) is 77.8 Å². The number of nitrogens with zero attached hydrogens (tertiary/aromatic N) is 1. The SMILES string of the molecule is CCC(N1CCC(O)(c2ccc(Br)cc2)CC1)S(=O)(=O)O. The van der Waals surface area contributed by atoms with Gasteiger partial charge in [0.25, 0.3) is 10.1 Å². The van der Waals surface area contributed by atoms with Gasteiger partial charge in [0.1, 0.15) is 5.37 Å². The standard InChI is InChI=1S/C14H20BrNO4S/c1-2-13(21(18,19)20)16-9-7-14(17,8-10-16)11-3-5-12(15)6-4-11/h3-6,13,17H,2,7-10H2,1H3,(H,18,19,20). The summed E-state index contributed by atoms with van der Waals surface area (Å²) >= 11 is 3.36. The lowest BCUT2D eigenvalue weighted by Crippen LogP contribution is -2.49. The Morgan fingerprint density at radius 2 is 1.81 bits per heavy atom. The highest BCUT2D eigenvalue weighted by molar-refractivity contribution is 9.10. The Balaban J connectivity index is 2.10. The zero-order valence-corrected chi connectivity index (χ0v) is 14.3. The monoisotopic (exact) mass is 377 g/mol. The molecular formula is C14H20BrNO4S. The first-order chi connectivity index (χ1) is 9.76. The fourth-order valence-corrected chi connectivity index (χ4v) is 4.16. The number of hydrogen-bond acceptors (Lipinski definition) is 4. The van der Waals surface area contributed by atoms with E-state index in [1.165, 1.54) is 0 Å². The molecule has 2 N–H and O–H groups in total. The summed E-state index contributed by atoms with van der Waals surface area (Å²) in [7, 11) is -4.08. The average molecular weight is 378 g/mol. The van der Waals surface area contributed by atoms with E-state index in [1.54, 1.807) is 11.8 Å². The van der Waals surface area contributed by atoms with Gasteiger partial charge in [0.05, 0.1) is 5.60 Å². The Kier molecular flexibility index (Phi) is 5.10. The maximum absolute atomic E-state index is 11.4. The third-order valence-electron chi connectivity index (χ3n) is 4.11. The van der Waals surface area contributed by atoms with Crippen molar-refractivity contribution >= 4 is 26.0 Å². The second-order valence-corrected chi connectivity index (χ2v) is 7.94. The molecule has 1 saturated heterocycles. The van der Waals surface area contributed by atoms with Crippen LogP contribution >= 0.6 is 15.9 Å². The van der Waals surface area contributed by atoms with Crippen molar-refractivity contribution in [3.05, 3.63) is 34.3 Å². The number of likely N-dealkylation sites (tertiary alicyclic amines) is 1. The maximum Gasteiger partial charge on any atom is 0.281 e. The molecule has 1 atom stereocenters. The summed E-state index contributed by atoms with van der Waals surface area (Å²) < 4.78 is 33.0. The van der Waals surface area contributed by atoms with Crippen LogP contribution in [0.2, 0.25) is 0 Å². The highest BCUT2D eigenvalue weighted by Gasteiger charge is 2.38. The fraction of sp³-hybridized carbons (Fsp3) is 0.571. The van der Waals surface area contributed by atoms with Crippen LogP contribution in [0.15, 0.2) is 28.7 Å². The molecule has 1 aliphatic heterocycles. The molecule has 0 saturated carbocycles. The summed E-state index contributed by atoms with van der Waals surface area (Å²) in [6, 6.07) is 7.51. The molecule has 1 fully saturated rings. The molecule has 0 radical (unpaired) electrons. The Labute approximate surface area is 133 Å². The second kappa shape index (κ2) is 6.34. The molecule has 0 aliphatic carbocycles. The van der Waals surface area contributed by atoms with E-state index in [0.29, 0.717) is 32.4 Å².